The Morgan fingerprint density at radius 2 is 2.00 bits per heavy atom. The smallest absolute Gasteiger partial charge is 0.262 e. The van der Waals surface area contributed by atoms with Crippen molar-refractivity contribution >= 4 is 43.2 Å². The molecule has 1 aromatic carbocycles. The summed E-state index contributed by atoms with van der Waals surface area (Å²) in [6, 6.07) is 4.39. The zero-order valence-corrected chi connectivity index (χ0v) is 19.6. The third-order valence-electron chi connectivity index (χ3n) is 4.94. The molecular formula is C20H24N4O5S2. The fourth-order valence-electron chi connectivity index (χ4n) is 3.03. The lowest BCUT2D eigenvalue weighted by Gasteiger charge is -2.16. The Hall–Kier alpha value is -2.76. The van der Waals surface area contributed by atoms with E-state index in [2.05, 4.69) is 10.3 Å². The van der Waals surface area contributed by atoms with Gasteiger partial charge in [0, 0.05) is 37.6 Å². The van der Waals surface area contributed by atoms with Gasteiger partial charge in [-0.1, -0.05) is 0 Å². The maximum atomic E-state index is 12.7. The van der Waals surface area contributed by atoms with Crippen molar-refractivity contribution in [3.63, 3.8) is 0 Å². The fourth-order valence-corrected chi connectivity index (χ4v) is 5.09. The van der Waals surface area contributed by atoms with Gasteiger partial charge in [0.15, 0.2) is 0 Å². The number of carbonyl (C=O) groups excluding carboxylic acids is 1. The third kappa shape index (κ3) is 4.48. The number of nitrogens with one attached hydrogen (secondary N) is 1. The number of nitrogens with zero attached hydrogens (tertiary/aromatic N) is 3. The van der Waals surface area contributed by atoms with Crippen molar-refractivity contribution in [2.75, 3.05) is 26.5 Å². The first-order valence-electron chi connectivity index (χ1n) is 9.41. The maximum Gasteiger partial charge on any atom is 0.262 e. The normalized spacial score (nSPS) is 11.8. The van der Waals surface area contributed by atoms with Crippen molar-refractivity contribution in [3.05, 3.63) is 45.3 Å². The highest BCUT2D eigenvalue weighted by atomic mass is 32.2. The fraction of sp³-hybridized carbons (Fsp3) is 0.350. The lowest BCUT2D eigenvalue weighted by Crippen LogP contribution is -2.24. The van der Waals surface area contributed by atoms with Gasteiger partial charge in [0.05, 0.1) is 18.8 Å². The Bertz CT molecular complexity index is 1310. The molecule has 0 spiro atoms. The number of rotatable bonds is 7. The molecule has 0 aliphatic carbocycles. The van der Waals surface area contributed by atoms with Crippen LogP contribution in [0.1, 0.15) is 16.9 Å². The van der Waals surface area contributed by atoms with Crippen molar-refractivity contribution in [2.45, 2.75) is 31.7 Å². The van der Waals surface area contributed by atoms with Crippen LogP contribution in [0.25, 0.3) is 10.2 Å². The second-order valence-corrected chi connectivity index (χ2v) is 10.5. The molecule has 0 fully saturated rings. The van der Waals surface area contributed by atoms with E-state index in [1.54, 1.807) is 6.07 Å². The van der Waals surface area contributed by atoms with Gasteiger partial charge in [0.1, 0.15) is 15.5 Å². The Kier molecular flexibility index (Phi) is 6.48. The predicted molar refractivity (Wildman–Crippen MR) is 120 cm³/mol. The summed E-state index contributed by atoms with van der Waals surface area (Å²) >= 11 is 1.47. The van der Waals surface area contributed by atoms with Gasteiger partial charge in [-0.15, -0.1) is 11.3 Å². The minimum atomic E-state index is -3.76. The summed E-state index contributed by atoms with van der Waals surface area (Å²) in [5.41, 5.74) is 1.05. The van der Waals surface area contributed by atoms with Gasteiger partial charge in [-0.05, 0) is 37.6 Å². The maximum absolute atomic E-state index is 12.7. The van der Waals surface area contributed by atoms with Crippen LogP contribution in [0.15, 0.2) is 34.2 Å². The van der Waals surface area contributed by atoms with Gasteiger partial charge >= 0.3 is 0 Å². The largest absolute Gasteiger partial charge is 0.495 e. The first kappa shape index (κ1) is 22.9. The third-order valence-corrected chi connectivity index (χ3v) is 7.89. The molecule has 2 aromatic heterocycles. The van der Waals surface area contributed by atoms with E-state index in [1.807, 2.05) is 13.8 Å². The molecule has 0 saturated carbocycles. The van der Waals surface area contributed by atoms with E-state index in [-0.39, 0.29) is 35.1 Å². The highest BCUT2D eigenvalue weighted by molar-refractivity contribution is 7.89. The molecule has 0 atom stereocenters. The van der Waals surface area contributed by atoms with Crippen molar-refractivity contribution < 1.29 is 17.9 Å². The molecule has 0 aliphatic heterocycles. The Morgan fingerprint density at radius 1 is 1.29 bits per heavy atom. The lowest BCUT2D eigenvalue weighted by molar-refractivity contribution is -0.116. The van der Waals surface area contributed by atoms with E-state index in [4.69, 9.17) is 4.74 Å². The van der Waals surface area contributed by atoms with Crippen LogP contribution >= 0.6 is 11.3 Å². The number of benzene rings is 1. The molecule has 1 amide bonds. The van der Waals surface area contributed by atoms with Crippen LogP contribution < -0.4 is 15.6 Å². The predicted octanol–water partition coefficient (Wildman–Crippen LogP) is 2.36. The molecule has 0 unspecified atom stereocenters. The quantitative estimate of drug-likeness (QED) is 0.575. The molecule has 9 nitrogen and oxygen atoms in total. The molecule has 0 aliphatic rings. The van der Waals surface area contributed by atoms with Crippen LogP contribution in [0.3, 0.4) is 0 Å². The first-order chi connectivity index (χ1) is 14.6. The van der Waals surface area contributed by atoms with E-state index in [9.17, 15) is 18.0 Å². The molecule has 3 rings (SSSR count). The molecule has 3 aromatic rings. The molecule has 0 saturated heterocycles. The number of thiophene rings is 1. The molecule has 11 heteroatoms. The molecular weight excluding hydrogens is 440 g/mol. The van der Waals surface area contributed by atoms with Gasteiger partial charge in [-0.2, -0.15) is 0 Å². The minimum Gasteiger partial charge on any atom is -0.495 e. The second-order valence-electron chi connectivity index (χ2n) is 7.16. The summed E-state index contributed by atoms with van der Waals surface area (Å²) in [4.78, 5) is 31.2. The molecule has 166 valence electrons. The Morgan fingerprint density at radius 3 is 2.65 bits per heavy atom. The van der Waals surface area contributed by atoms with Crippen LogP contribution in [-0.2, 0) is 21.4 Å². The number of amides is 1. The summed E-state index contributed by atoms with van der Waals surface area (Å²) in [7, 11) is 0.451. The lowest BCUT2D eigenvalue weighted by atomic mass is 10.2. The molecule has 0 bridgehead atoms. The topological polar surface area (TPSA) is 111 Å². The zero-order chi connectivity index (χ0) is 22.9. The second kappa shape index (κ2) is 8.77. The number of fused-ring (bicyclic) bond motifs is 1. The molecule has 31 heavy (non-hydrogen) atoms. The number of carbonyl (C=O) groups is 1. The van der Waals surface area contributed by atoms with Crippen LogP contribution in [0.5, 0.6) is 5.75 Å². The number of ether oxygens (including phenoxy) is 1. The molecule has 2 heterocycles. The summed E-state index contributed by atoms with van der Waals surface area (Å²) < 4.78 is 32.7. The highest BCUT2D eigenvalue weighted by Gasteiger charge is 2.23. The number of hydrogen-bond acceptors (Lipinski definition) is 7. The van der Waals surface area contributed by atoms with Gasteiger partial charge in [0.25, 0.3) is 5.56 Å². The van der Waals surface area contributed by atoms with Crippen LogP contribution in [-0.4, -0.2) is 49.4 Å². The van der Waals surface area contributed by atoms with Gasteiger partial charge < -0.3 is 10.1 Å². The molecule has 1 N–H and O–H groups in total. The van der Waals surface area contributed by atoms with E-state index in [1.165, 1.54) is 55.6 Å². The average Bonchev–Trinajstić information content (AvgIpc) is 3.01. The van der Waals surface area contributed by atoms with Crippen LogP contribution in [0, 0.1) is 13.8 Å². The van der Waals surface area contributed by atoms with E-state index in [0.717, 1.165) is 14.7 Å². The van der Waals surface area contributed by atoms with Gasteiger partial charge in [-0.25, -0.2) is 17.7 Å². The highest BCUT2D eigenvalue weighted by Crippen LogP contribution is 2.29. The number of aryl methyl sites for hydroxylation is 3. The number of aromatic nitrogens is 2. The van der Waals surface area contributed by atoms with Gasteiger partial charge in [0.2, 0.25) is 15.9 Å². The van der Waals surface area contributed by atoms with Crippen molar-refractivity contribution in [1.29, 1.82) is 0 Å². The summed E-state index contributed by atoms with van der Waals surface area (Å²) in [5.74, 6) is -0.178. The minimum absolute atomic E-state index is 0.0249. The number of methoxy groups -OCH3 is 1. The first-order valence-corrected chi connectivity index (χ1v) is 11.7. The zero-order valence-electron chi connectivity index (χ0n) is 17.9. The average molecular weight is 465 g/mol. The summed E-state index contributed by atoms with van der Waals surface area (Å²) in [6.07, 6.45) is 1.47. The Balaban J connectivity index is 1.78. The van der Waals surface area contributed by atoms with Gasteiger partial charge in [-0.3, -0.25) is 14.2 Å². The molecule has 0 radical (unpaired) electrons. The van der Waals surface area contributed by atoms with E-state index >= 15 is 0 Å². The van der Waals surface area contributed by atoms with E-state index < -0.39 is 10.0 Å². The summed E-state index contributed by atoms with van der Waals surface area (Å²) in [5, 5.41) is 3.26. The number of hydrogen-bond donors (Lipinski definition) is 1. The number of sulfonamides is 1. The van der Waals surface area contributed by atoms with Crippen molar-refractivity contribution in [1.82, 2.24) is 13.9 Å². The summed E-state index contributed by atoms with van der Waals surface area (Å²) in [6.45, 7) is 3.98. The van der Waals surface area contributed by atoms with Crippen molar-refractivity contribution in [3.8, 4) is 5.75 Å². The van der Waals surface area contributed by atoms with E-state index in [0.29, 0.717) is 15.9 Å². The van der Waals surface area contributed by atoms with Crippen LogP contribution in [0.2, 0.25) is 0 Å². The number of anilines is 1. The van der Waals surface area contributed by atoms with Crippen molar-refractivity contribution in [2.24, 2.45) is 0 Å². The van der Waals surface area contributed by atoms with Crippen LogP contribution in [0.4, 0.5) is 5.69 Å². The Labute approximate surface area is 184 Å². The standard InChI is InChI=1S/C20H24N4O5S2/c1-12-13(2)30-19-18(12)20(26)24(11-21-19)9-8-17(25)22-14-6-7-15(29-5)16(10-14)31(27,28)23(3)4/h6-7,10-11H,8-9H2,1-5H3,(H,22,25). The SMILES string of the molecule is COc1ccc(NC(=O)CCn2cnc3sc(C)c(C)c3c2=O)cc1S(=O)(=O)N(C)C. The monoisotopic (exact) mass is 464 g/mol.